The molecular weight excluding hydrogens is 632 g/mol. The molecule has 49 heavy (non-hydrogen) atoms. The van der Waals surface area contributed by atoms with Gasteiger partial charge in [-0.25, -0.2) is 23.5 Å². The van der Waals surface area contributed by atoms with Gasteiger partial charge in [0.05, 0.1) is 11.7 Å². The second-order valence-electron chi connectivity index (χ2n) is 14.6. The summed E-state index contributed by atoms with van der Waals surface area (Å²) in [5.74, 6) is 0.760. The number of oxazole rings is 1. The lowest BCUT2D eigenvalue weighted by atomic mass is 9.86. The van der Waals surface area contributed by atoms with Gasteiger partial charge in [0.1, 0.15) is 17.7 Å². The van der Waals surface area contributed by atoms with Gasteiger partial charge in [0.2, 0.25) is 5.89 Å². The van der Waals surface area contributed by atoms with Crippen LogP contribution in [0.2, 0.25) is 0 Å². The number of alkyl halides is 2. The fraction of sp³-hybridized carbons (Fsp3) is 0.639. The maximum absolute atomic E-state index is 14.1. The van der Waals surface area contributed by atoms with Crippen LogP contribution in [0.4, 0.5) is 25.1 Å². The molecule has 2 fully saturated rings. The van der Waals surface area contributed by atoms with Crippen LogP contribution in [0.15, 0.2) is 35.2 Å². The van der Waals surface area contributed by atoms with Crippen molar-refractivity contribution in [2.75, 3.05) is 36.9 Å². The van der Waals surface area contributed by atoms with Crippen LogP contribution in [0, 0.1) is 11.8 Å². The maximum atomic E-state index is 14.1. The van der Waals surface area contributed by atoms with Crippen molar-refractivity contribution in [2.45, 2.75) is 110 Å². The zero-order valence-electron chi connectivity index (χ0n) is 29.5. The largest absolute Gasteiger partial charge is 0.444 e. The Kier molecular flexibility index (Phi) is 12.1. The predicted molar refractivity (Wildman–Crippen MR) is 184 cm³/mol. The fourth-order valence-electron chi connectivity index (χ4n) is 6.32. The second kappa shape index (κ2) is 16.2. The third-order valence-corrected chi connectivity index (χ3v) is 9.13. The number of pyridine rings is 1. The van der Waals surface area contributed by atoms with E-state index in [1.165, 1.54) is 49.2 Å². The number of nitrogens with zero attached hydrogens (tertiary/aromatic N) is 6. The first-order valence-electron chi connectivity index (χ1n) is 17.7. The summed E-state index contributed by atoms with van der Waals surface area (Å²) < 4.78 is 41.0. The summed E-state index contributed by atoms with van der Waals surface area (Å²) in [6.07, 6.45) is 11.6. The van der Waals surface area contributed by atoms with E-state index in [1.807, 2.05) is 0 Å². The molecule has 0 radical (unpaired) electrons. The summed E-state index contributed by atoms with van der Waals surface area (Å²) in [6, 6.07) is 3.30. The number of hydrogen-bond donors (Lipinski definition) is 1. The van der Waals surface area contributed by atoms with Gasteiger partial charge in [-0.15, -0.1) is 0 Å². The molecule has 3 aromatic heterocycles. The molecule has 13 heteroatoms. The molecule has 268 valence electrons. The lowest BCUT2D eigenvalue weighted by Crippen LogP contribution is -2.38. The van der Waals surface area contributed by atoms with Gasteiger partial charge in [-0.3, -0.25) is 14.4 Å². The van der Waals surface area contributed by atoms with Crippen molar-refractivity contribution in [3.8, 4) is 11.5 Å². The molecule has 3 heterocycles. The number of hydrogen-bond acceptors (Lipinski definition) is 8. The summed E-state index contributed by atoms with van der Waals surface area (Å²) in [6.45, 7) is 10.3. The van der Waals surface area contributed by atoms with E-state index in [0.717, 1.165) is 51.6 Å². The number of anilines is 2. The van der Waals surface area contributed by atoms with Crippen LogP contribution < -0.4 is 10.2 Å². The SMILES string of the molecule is CCCCCCN(C)CC1CCC(n2cc(NC(=O)c3coc(-c4ccnc(N(CC5CC5)C(=O)OC(C)(C)C)c4)n3)c(C(F)F)n2)CC1. The monoisotopic (exact) mass is 683 g/mol. The first-order valence-corrected chi connectivity index (χ1v) is 17.7. The molecule has 5 rings (SSSR count). The molecule has 11 nitrogen and oxygen atoms in total. The minimum absolute atomic E-state index is 0.00559. The molecule has 0 bridgehead atoms. The number of carbonyl (C=O) groups is 2. The molecule has 2 aliphatic carbocycles. The van der Waals surface area contributed by atoms with Crippen LogP contribution in [0.1, 0.15) is 121 Å². The van der Waals surface area contributed by atoms with Gasteiger partial charge >= 0.3 is 6.09 Å². The Hall–Kier alpha value is -3.87. The van der Waals surface area contributed by atoms with Crippen LogP contribution in [0.5, 0.6) is 0 Å². The standard InChI is InChI=1S/C36H51F2N7O4/c1-6-7-8-9-18-43(5)20-24-12-14-27(15-13-24)45-22-28(31(42-45)32(37)38)40-33(46)29-23-48-34(41-29)26-16-17-39-30(19-26)44(21-25-10-11-25)35(47)49-36(2,3)4/h16-17,19,22-25,27,32H,6-15,18,20-21H2,1-5H3,(H,40,46). The van der Waals surface area contributed by atoms with Crippen molar-refractivity contribution in [1.29, 1.82) is 0 Å². The fourth-order valence-corrected chi connectivity index (χ4v) is 6.32. The molecular formula is C36H51F2N7O4. The molecule has 0 atom stereocenters. The minimum atomic E-state index is -2.86. The number of amides is 2. The van der Waals surface area contributed by atoms with Crippen LogP contribution in [-0.2, 0) is 4.74 Å². The van der Waals surface area contributed by atoms with Crippen molar-refractivity contribution < 1.29 is 27.5 Å². The molecule has 2 amide bonds. The first-order chi connectivity index (χ1) is 23.4. The van der Waals surface area contributed by atoms with E-state index < -0.39 is 29.7 Å². The quantitative estimate of drug-likeness (QED) is 0.158. The lowest BCUT2D eigenvalue weighted by Gasteiger charge is -2.31. The molecule has 0 saturated heterocycles. The smallest absolute Gasteiger partial charge is 0.416 e. The van der Waals surface area contributed by atoms with Crippen LogP contribution in [0.25, 0.3) is 11.5 Å². The molecule has 0 unspecified atom stereocenters. The first kappa shape index (κ1) is 36.4. The molecule has 3 aromatic rings. The average Bonchev–Trinajstić information content (AvgIpc) is 3.55. The molecule has 1 N–H and O–H groups in total. The Morgan fingerprint density at radius 1 is 1.08 bits per heavy atom. The predicted octanol–water partition coefficient (Wildman–Crippen LogP) is 8.52. The van der Waals surface area contributed by atoms with Gasteiger partial charge in [-0.2, -0.15) is 5.10 Å². The normalized spacial score (nSPS) is 18.2. The number of ether oxygens (including phenoxy) is 1. The third kappa shape index (κ3) is 10.3. The van der Waals surface area contributed by atoms with Gasteiger partial charge in [0.25, 0.3) is 12.3 Å². The molecule has 0 aliphatic heterocycles. The van der Waals surface area contributed by atoms with Crippen LogP contribution in [-0.4, -0.2) is 68.9 Å². The van der Waals surface area contributed by atoms with Crippen molar-refractivity contribution in [3.63, 3.8) is 0 Å². The highest BCUT2D eigenvalue weighted by atomic mass is 19.3. The highest BCUT2D eigenvalue weighted by Gasteiger charge is 2.32. The van der Waals surface area contributed by atoms with Gasteiger partial charge in [0, 0.05) is 31.0 Å². The van der Waals surface area contributed by atoms with E-state index in [0.29, 0.717) is 29.8 Å². The van der Waals surface area contributed by atoms with Crippen LogP contribution in [0.3, 0.4) is 0 Å². The number of rotatable bonds is 15. The van der Waals surface area contributed by atoms with E-state index >= 15 is 0 Å². The van der Waals surface area contributed by atoms with Gasteiger partial charge in [-0.1, -0.05) is 26.2 Å². The Bertz CT molecular complexity index is 1540. The Morgan fingerprint density at radius 3 is 2.47 bits per heavy atom. The van der Waals surface area contributed by atoms with Crippen LogP contribution >= 0.6 is 0 Å². The number of aromatic nitrogens is 4. The summed E-state index contributed by atoms with van der Waals surface area (Å²) in [5, 5.41) is 6.79. The molecule has 2 saturated carbocycles. The minimum Gasteiger partial charge on any atom is -0.444 e. The average molecular weight is 684 g/mol. The summed E-state index contributed by atoms with van der Waals surface area (Å²) in [5.41, 5.74) is -0.776. The number of nitrogens with one attached hydrogen (secondary N) is 1. The Labute approximate surface area is 287 Å². The van der Waals surface area contributed by atoms with E-state index in [1.54, 1.807) is 37.6 Å². The van der Waals surface area contributed by atoms with E-state index in [2.05, 4.69) is 39.3 Å². The number of halogens is 2. The Balaban J connectivity index is 1.22. The number of unbranched alkanes of at least 4 members (excludes halogenated alkanes) is 3. The van der Waals surface area contributed by atoms with Crippen molar-refractivity contribution in [2.24, 2.45) is 11.8 Å². The second-order valence-corrected chi connectivity index (χ2v) is 14.6. The van der Waals surface area contributed by atoms with Crippen molar-refractivity contribution >= 4 is 23.5 Å². The van der Waals surface area contributed by atoms with Crippen molar-refractivity contribution in [1.82, 2.24) is 24.6 Å². The molecule has 0 spiro atoms. The number of carbonyl (C=O) groups excluding carboxylic acids is 2. The zero-order chi connectivity index (χ0) is 35.1. The van der Waals surface area contributed by atoms with Gasteiger partial charge in [0.15, 0.2) is 11.4 Å². The van der Waals surface area contributed by atoms with E-state index in [-0.39, 0.29) is 23.3 Å². The molecule has 0 aromatic carbocycles. The molecule has 2 aliphatic rings. The topological polar surface area (TPSA) is 119 Å². The van der Waals surface area contributed by atoms with E-state index in [9.17, 15) is 18.4 Å². The highest BCUT2D eigenvalue weighted by molar-refractivity contribution is 6.03. The zero-order valence-corrected chi connectivity index (χ0v) is 29.5. The summed E-state index contributed by atoms with van der Waals surface area (Å²) in [7, 11) is 2.18. The summed E-state index contributed by atoms with van der Waals surface area (Å²) >= 11 is 0. The van der Waals surface area contributed by atoms with E-state index in [4.69, 9.17) is 9.15 Å². The van der Waals surface area contributed by atoms with Crippen molar-refractivity contribution in [3.05, 3.63) is 42.2 Å². The van der Waals surface area contributed by atoms with Gasteiger partial charge < -0.3 is 19.4 Å². The highest BCUT2D eigenvalue weighted by Crippen LogP contribution is 2.36. The Morgan fingerprint density at radius 2 is 1.80 bits per heavy atom. The van der Waals surface area contributed by atoms with Gasteiger partial charge in [-0.05, 0) is 103 Å². The maximum Gasteiger partial charge on any atom is 0.416 e. The summed E-state index contributed by atoms with van der Waals surface area (Å²) in [4.78, 5) is 38.9. The lowest BCUT2D eigenvalue weighted by molar-refractivity contribution is 0.0577. The third-order valence-electron chi connectivity index (χ3n) is 9.13.